The number of hydrogen-bond donors (Lipinski definition) is 1. The molecule has 8 heteroatoms. The van der Waals surface area contributed by atoms with Crippen molar-refractivity contribution in [3.05, 3.63) is 29.8 Å². The Bertz CT molecular complexity index is 778. The molecule has 0 saturated carbocycles. The lowest BCUT2D eigenvalue weighted by molar-refractivity contribution is -0.159. The molecular weight excluding hydrogens is 338 g/mol. The first-order valence-electron chi connectivity index (χ1n) is 8.57. The second-order valence-corrected chi connectivity index (χ2v) is 6.35. The molecule has 1 aromatic carbocycles. The molecule has 2 aliphatic rings. The first-order chi connectivity index (χ1) is 12.4. The lowest BCUT2D eigenvalue weighted by Crippen LogP contribution is -2.67. The number of benzene rings is 1. The Hall–Kier alpha value is -2.90. The minimum Gasteiger partial charge on any atom is -0.452 e. The Morgan fingerprint density at radius 3 is 2.73 bits per heavy atom. The molecule has 0 radical (unpaired) electrons. The molecule has 0 spiro atoms. The van der Waals surface area contributed by atoms with Gasteiger partial charge in [-0.3, -0.25) is 19.3 Å². The fraction of sp³-hybridized carbons (Fsp3) is 0.444. The van der Waals surface area contributed by atoms with Crippen LogP contribution in [0.15, 0.2) is 24.3 Å². The number of para-hydroxylation sites is 1. The van der Waals surface area contributed by atoms with Crippen LogP contribution in [0.5, 0.6) is 0 Å². The average Bonchev–Trinajstić information content (AvgIpc) is 3.01. The molecule has 0 bridgehead atoms. The number of anilines is 1. The van der Waals surface area contributed by atoms with Crippen molar-refractivity contribution < 1.29 is 23.9 Å². The molecule has 0 aliphatic carbocycles. The molecule has 8 nitrogen and oxygen atoms in total. The number of carbonyl (C=O) groups is 4. The van der Waals surface area contributed by atoms with Gasteiger partial charge in [0.15, 0.2) is 6.61 Å². The number of carbonyl (C=O) groups excluding carboxylic acids is 4. The number of hydrogen-bond acceptors (Lipinski definition) is 5. The highest BCUT2D eigenvalue weighted by Crippen LogP contribution is 2.44. The van der Waals surface area contributed by atoms with Crippen LogP contribution in [0.4, 0.5) is 5.69 Å². The molecular formula is C18H21N3O5. The number of amides is 3. The summed E-state index contributed by atoms with van der Waals surface area (Å²) in [6, 6.07) is 6.67. The van der Waals surface area contributed by atoms with E-state index >= 15 is 0 Å². The van der Waals surface area contributed by atoms with Crippen molar-refractivity contribution in [2.75, 3.05) is 25.1 Å². The molecule has 3 amide bonds. The summed E-state index contributed by atoms with van der Waals surface area (Å²) in [5, 5.41) is 2.62. The van der Waals surface area contributed by atoms with Gasteiger partial charge in [0.1, 0.15) is 0 Å². The summed E-state index contributed by atoms with van der Waals surface area (Å²) in [4.78, 5) is 52.5. The zero-order valence-electron chi connectivity index (χ0n) is 14.8. The van der Waals surface area contributed by atoms with E-state index in [4.69, 9.17) is 4.74 Å². The minimum atomic E-state index is -1.55. The maximum atomic E-state index is 12.9. The molecule has 0 aromatic heterocycles. The standard InChI is InChI=1S/C18H21N3O5/c1-3-10-19-14(22)11-26-17(25)18-9-8-15(23)21(18)13-7-5-4-6-12(13)16(24)20(18)2/h4-7H,3,8-11H2,1-2H3,(H,19,22)/t18-/m1/s1. The molecule has 1 N–H and O–H groups in total. The number of fused-ring (bicyclic) bond motifs is 3. The number of ether oxygens (including phenoxy) is 1. The van der Waals surface area contributed by atoms with Crippen LogP contribution < -0.4 is 10.2 Å². The Morgan fingerprint density at radius 1 is 1.27 bits per heavy atom. The van der Waals surface area contributed by atoms with Crippen molar-refractivity contribution in [3.63, 3.8) is 0 Å². The Kier molecular flexibility index (Phi) is 4.67. The fourth-order valence-corrected chi connectivity index (χ4v) is 3.45. The number of nitrogens with one attached hydrogen (secondary N) is 1. The predicted molar refractivity (Wildman–Crippen MR) is 92.2 cm³/mol. The highest BCUT2D eigenvalue weighted by molar-refractivity contribution is 6.15. The summed E-state index contributed by atoms with van der Waals surface area (Å²) in [6.07, 6.45) is 1.00. The van der Waals surface area contributed by atoms with E-state index < -0.39 is 24.1 Å². The van der Waals surface area contributed by atoms with Crippen molar-refractivity contribution in [2.24, 2.45) is 0 Å². The van der Waals surface area contributed by atoms with Crippen LogP contribution in [-0.2, 0) is 19.1 Å². The molecule has 3 rings (SSSR count). The van der Waals surface area contributed by atoms with E-state index in [0.29, 0.717) is 17.8 Å². The SMILES string of the molecule is CCCNC(=O)COC(=O)[C@@]12CCC(=O)N1c1ccccc1C(=O)N2C. The molecule has 0 unspecified atom stereocenters. The number of likely N-dealkylation sites (N-methyl/N-ethyl adjacent to an activating group) is 1. The Morgan fingerprint density at radius 2 is 2.00 bits per heavy atom. The predicted octanol–water partition coefficient (Wildman–Crippen LogP) is 0.665. The lowest BCUT2D eigenvalue weighted by atomic mass is 9.97. The van der Waals surface area contributed by atoms with Crippen molar-refractivity contribution in [3.8, 4) is 0 Å². The van der Waals surface area contributed by atoms with Gasteiger partial charge >= 0.3 is 5.97 Å². The zero-order valence-corrected chi connectivity index (χ0v) is 14.8. The molecule has 2 heterocycles. The summed E-state index contributed by atoms with van der Waals surface area (Å²) in [6.45, 7) is 1.94. The van der Waals surface area contributed by atoms with Gasteiger partial charge in [-0.15, -0.1) is 0 Å². The first kappa shape index (κ1) is 17.9. The van der Waals surface area contributed by atoms with Crippen LogP contribution in [0.3, 0.4) is 0 Å². The number of rotatable bonds is 5. The van der Waals surface area contributed by atoms with Gasteiger partial charge in [0, 0.05) is 26.4 Å². The van der Waals surface area contributed by atoms with E-state index in [1.54, 1.807) is 24.3 Å². The van der Waals surface area contributed by atoms with Gasteiger partial charge in [-0.2, -0.15) is 0 Å². The second-order valence-electron chi connectivity index (χ2n) is 6.35. The fourth-order valence-electron chi connectivity index (χ4n) is 3.45. The third-order valence-corrected chi connectivity index (χ3v) is 4.78. The van der Waals surface area contributed by atoms with Crippen LogP contribution in [0.2, 0.25) is 0 Å². The quantitative estimate of drug-likeness (QED) is 0.780. The van der Waals surface area contributed by atoms with Crippen LogP contribution >= 0.6 is 0 Å². The third kappa shape index (κ3) is 2.61. The van der Waals surface area contributed by atoms with Crippen LogP contribution in [0, 0.1) is 0 Å². The number of esters is 1. The maximum absolute atomic E-state index is 12.9. The largest absolute Gasteiger partial charge is 0.452 e. The van der Waals surface area contributed by atoms with Gasteiger partial charge < -0.3 is 15.0 Å². The smallest absolute Gasteiger partial charge is 0.354 e. The van der Waals surface area contributed by atoms with E-state index in [0.717, 1.165) is 6.42 Å². The monoisotopic (exact) mass is 359 g/mol. The van der Waals surface area contributed by atoms with Gasteiger partial charge in [0.2, 0.25) is 11.6 Å². The molecule has 1 fully saturated rings. The second kappa shape index (κ2) is 6.78. The molecule has 1 saturated heterocycles. The molecule has 26 heavy (non-hydrogen) atoms. The number of nitrogens with zero attached hydrogens (tertiary/aromatic N) is 2. The summed E-state index contributed by atoms with van der Waals surface area (Å²) in [5.41, 5.74) is -0.798. The summed E-state index contributed by atoms with van der Waals surface area (Å²) >= 11 is 0. The Balaban J connectivity index is 1.91. The highest BCUT2D eigenvalue weighted by Gasteiger charge is 2.60. The lowest BCUT2D eigenvalue weighted by Gasteiger charge is -2.46. The van der Waals surface area contributed by atoms with E-state index in [1.165, 1.54) is 16.8 Å². The molecule has 1 atom stereocenters. The van der Waals surface area contributed by atoms with Gasteiger partial charge in [-0.25, -0.2) is 4.79 Å². The van der Waals surface area contributed by atoms with E-state index in [-0.39, 0.29) is 24.7 Å². The average molecular weight is 359 g/mol. The normalized spacial score (nSPS) is 21.3. The van der Waals surface area contributed by atoms with Crippen LogP contribution in [-0.4, -0.2) is 54.5 Å². The summed E-state index contributed by atoms with van der Waals surface area (Å²) in [5.74, 6) is -1.82. The summed E-state index contributed by atoms with van der Waals surface area (Å²) in [7, 11) is 1.47. The van der Waals surface area contributed by atoms with Gasteiger partial charge in [-0.1, -0.05) is 19.1 Å². The molecule has 1 aromatic rings. The van der Waals surface area contributed by atoms with Gasteiger partial charge in [0.05, 0.1) is 11.3 Å². The van der Waals surface area contributed by atoms with Crippen molar-refractivity contribution in [1.29, 1.82) is 0 Å². The topological polar surface area (TPSA) is 96.0 Å². The minimum absolute atomic E-state index is 0.114. The Labute approximate surface area is 151 Å². The first-order valence-corrected chi connectivity index (χ1v) is 8.57. The maximum Gasteiger partial charge on any atom is 0.354 e. The van der Waals surface area contributed by atoms with Gasteiger partial charge in [0.25, 0.3) is 11.8 Å². The van der Waals surface area contributed by atoms with Crippen molar-refractivity contribution in [1.82, 2.24) is 10.2 Å². The molecule has 2 aliphatic heterocycles. The van der Waals surface area contributed by atoms with Crippen LogP contribution in [0.25, 0.3) is 0 Å². The van der Waals surface area contributed by atoms with E-state index in [9.17, 15) is 19.2 Å². The van der Waals surface area contributed by atoms with E-state index in [1.807, 2.05) is 6.92 Å². The molecule has 138 valence electrons. The zero-order chi connectivity index (χ0) is 18.9. The van der Waals surface area contributed by atoms with Crippen molar-refractivity contribution in [2.45, 2.75) is 31.8 Å². The van der Waals surface area contributed by atoms with E-state index in [2.05, 4.69) is 5.32 Å². The summed E-state index contributed by atoms with van der Waals surface area (Å²) < 4.78 is 5.19. The van der Waals surface area contributed by atoms with Crippen LogP contribution in [0.1, 0.15) is 36.5 Å². The highest BCUT2D eigenvalue weighted by atomic mass is 16.5. The van der Waals surface area contributed by atoms with Gasteiger partial charge in [-0.05, 0) is 18.6 Å². The van der Waals surface area contributed by atoms with Crippen molar-refractivity contribution >= 4 is 29.4 Å². The third-order valence-electron chi connectivity index (χ3n) is 4.78.